The minimum atomic E-state index is -3.41. The number of urea groups is 1. The van der Waals surface area contributed by atoms with Gasteiger partial charge >= 0.3 is 6.03 Å². The van der Waals surface area contributed by atoms with Crippen LogP contribution >= 0.6 is 0 Å². The molecule has 2 aromatic carbocycles. The van der Waals surface area contributed by atoms with Crippen molar-refractivity contribution in [1.82, 2.24) is 9.78 Å². The van der Waals surface area contributed by atoms with E-state index in [1.165, 1.54) is 8.99 Å². The van der Waals surface area contributed by atoms with Crippen molar-refractivity contribution < 1.29 is 26.4 Å². The molecule has 0 bridgehead atoms. The number of nitrogens with one attached hydrogen (secondary N) is 2. The van der Waals surface area contributed by atoms with Gasteiger partial charge in [-0.2, -0.15) is 5.10 Å². The molecule has 0 aliphatic carbocycles. The summed E-state index contributed by atoms with van der Waals surface area (Å²) in [5.74, 6) is -3.63. The summed E-state index contributed by atoms with van der Waals surface area (Å²) >= 11 is 0. The molecule has 0 fully saturated rings. The van der Waals surface area contributed by atoms with Gasteiger partial charge in [0.2, 0.25) is 10.0 Å². The Hall–Kier alpha value is -3.54. The van der Waals surface area contributed by atoms with Crippen LogP contribution in [0.1, 0.15) is 32.0 Å². The van der Waals surface area contributed by atoms with E-state index >= 15 is 0 Å². The first-order valence-electron chi connectivity index (χ1n) is 10.7. The van der Waals surface area contributed by atoms with Crippen LogP contribution in [0.3, 0.4) is 0 Å². The Morgan fingerprint density at radius 3 is 2.43 bits per heavy atom. The molecule has 2 amide bonds. The smallest absolute Gasteiger partial charge is 0.305 e. The molecule has 2 heterocycles. The number of fused-ring (bicyclic) bond motifs is 1. The summed E-state index contributed by atoms with van der Waals surface area (Å²) in [5, 5.41) is 9.26. The second-order valence-electron chi connectivity index (χ2n) is 9.30. The number of anilines is 3. The lowest BCUT2D eigenvalue weighted by molar-refractivity contribution is 0.262. The fourth-order valence-electron chi connectivity index (χ4n) is 3.78. The molecule has 4 rings (SSSR count). The number of amides is 2. The Labute approximate surface area is 200 Å². The molecule has 186 valence electrons. The third-order valence-corrected chi connectivity index (χ3v) is 6.70. The maximum absolute atomic E-state index is 14.0. The molecule has 1 aromatic heterocycles. The number of carbonyl (C=O) groups is 1. The van der Waals surface area contributed by atoms with Gasteiger partial charge in [0.1, 0.15) is 11.6 Å². The predicted octanol–water partition coefficient (Wildman–Crippen LogP) is 4.55. The Balaban J connectivity index is 1.68. The second-order valence-corrected chi connectivity index (χ2v) is 11.2. The average molecular weight is 508 g/mol. The molecule has 1 aliphatic rings. The molecule has 0 saturated heterocycles. The van der Waals surface area contributed by atoms with Crippen LogP contribution in [0.15, 0.2) is 36.4 Å². The molecule has 0 spiro atoms. The van der Waals surface area contributed by atoms with Crippen LogP contribution in [-0.4, -0.2) is 37.0 Å². The summed E-state index contributed by atoms with van der Waals surface area (Å²) < 4.78 is 67.8. The van der Waals surface area contributed by atoms with Crippen molar-refractivity contribution in [3.8, 4) is 5.69 Å². The predicted molar refractivity (Wildman–Crippen MR) is 127 cm³/mol. The van der Waals surface area contributed by atoms with Gasteiger partial charge in [0.05, 0.1) is 29.0 Å². The fraction of sp³-hybridized carbons (Fsp3) is 0.304. The molecule has 1 aliphatic heterocycles. The highest BCUT2D eigenvalue weighted by atomic mass is 32.2. The van der Waals surface area contributed by atoms with E-state index in [-0.39, 0.29) is 11.2 Å². The van der Waals surface area contributed by atoms with Crippen LogP contribution in [-0.2, 0) is 21.9 Å². The van der Waals surface area contributed by atoms with Crippen LogP contribution in [0.4, 0.5) is 35.2 Å². The Morgan fingerprint density at radius 1 is 1.06 bits per heavy atom. The van der Waals surface area contributed by atoms with E-state index in [1.807, 2.05) is 20.8 Å². The lowest BCUT2D eigenvalue weighted by Crippen LogP contribution is -2.27. The van der Waals surface area contributed by atoms with Crippen molar-refractivity contribution in [3.63, 3.8) is 0 Å². The summed E-state index contributed by atoms with van der Waals surface area (Å²) in [6.07, 6.45) is 1.66. The lowest BCUT2D eigenvalue weighted by atomic mass is 9.92. The Kier molecular flexibility index (Phi) is 6.04. The summed E-state index contributed by atoms with van der Waals surface area (Å²) in [7, 11) is -3.41. The van der Waals surface area contributed by atoms with Crippen LogP contribution in [0.5, 0.6) is 0 Å². The number of halogens is 3. The van der Waals surface area contributed by atoms with Gasteiger partial charge in [0.25, 0.3) is 0 Å². The van der Waals surface area contributed by atoms with Crippen LogP contribution in [0.2, 0.25) is 0 Å². The number of carbonyl (C=O) groups excluding carboxylic acids is 1. The first-order valence-corrected chi connectivity index (χ1v) is 12.5. The van der Waals surface area contributed by atoms with Crippen molar-refractivity contribution >= 4 is 33.2 Å². The lowest BCUT2D eigenvalue weighted by Gasteiger charge is -2.17. The number of sulfonamides is 1. The fourth-order valence-corrected chi connectivity index (χ4v) is 4.74. The molecule has 8 nitrogen and oxygen atoms in total. The number of rotatable bonds is 4. The topological polar surface area (TPSA) is 96.3 Å². The quantitative estimate of drug-likeness (QED) is 0.507. The van der Waals surface area contributed by atoms with E-state index in [4.69, 9.17) is 0 Å². The van der Waals surface area contributed by atoms with Gasteiger partial charge in [-0.15, -0.1) is 0 Å². The van der Waals surface area contributed by atoms with Crippen molar-refractivity contribution in [2.24, 2.45) is 0 Å². The van der Waals surface area contributed by atoms with Gasteiger partial charge in [-0.05, 0) is 30.2 Å². The van der Waals surface area contributed by atoms with Crippen molar-refractivity contribution in [3.05, 3.63) is 65.1 Å². The number of nitrogens with zero attached hydrogens (tertiary/aromatic N) is 3. The summed E-state index contributed by atoms with van der Waals surface area (Å²) in [6.45, 7) is 6.12. The molecule has 35 heavy (non-hydrogen) atoms. The minimum absolute atomic E-state index is 0.225. The largest absolute Gasteiger partial charge is 0.324 e. The SMILES string of the molecule is CC(C)(C)c1cc(NC(=O)Nc2cc(F)cc(F)c2F)n(-c2ccc3c(c2)CCN3S(C)(=O)=O)n1. The molecule has 2 N–H and O–H groups in total. The van der Waals surface area contributed by atoms with Gasteiger partial charge < -0.3 is 5.32 Å². The molecule has 0 saturated carbocycles. The zero-order valence-electron chi connectivity index (χ0n) is 19.5. The second kappa shape index (κ2) is 8.59. The summed E-state index contributed by atoms with van der Waals surface area (Å²) in [5.41, 5.74) is 1.53. The molecule has 0 atom stereocenters. The van der Waals surface area contributed by atoms with Gasteiger partial charge in [0, 0.05) is 30.2 Å². The van der Waals surface area contributed by atoms with Crippen LogP contribution in [0, 0.1) is 17.5 Å². The third-order valence-electron chi connectivity index (χ3n) is 5.52. The number of benzene rings is 2. The van der Waals surface area contributed by atoms with E-state index < -0.39 is 39.2 Å². The highest BCUT2D eigenvalue weighted by molar-refractivity contribution is 7.92. The average Bonchev–Trinajstić information content (AvgIpc) is 3.35. The van der Waals surface area contributed by atoms with E-state index in [2.05, 4.69) is 15.7 Å². The number of aromatic nitrogens is 2. The molecule has 3 aromatic rings. The van der Waals surface area contributed by atoms with Gasteiger partial charge in [0.15, 0.2) is 11.6 Å². The minimum Gasteiger partial charge on any atom is -0.305 e. The Bertz CT molecular complexity index is 1430. The zero-order valence-corrected chi connectivity index (χ0v) is 20.3. The van der Waals surface area contributed by atoms with Gasteiger partial charge in [-0.3, -0.25) is 9.62 Å². The van der Waals surface area contributed by atoms with Gasteiger partial charge in [-0.1, -0.05) is 20.8 Å². The van der Waals surface area contributed by atoms with Gasteiger partial charge in [-0.25, -0.2) is 31.1 Å². The number of hydrogen-bond donors (Lipinski definition) is 2. The molecule has 12 heteroatoms. The maximum Gasteiger partial charge on any atom is 0.324 e. The monoisotopic (exact) mass is 507 g/mol. The maximum atomic E-state index is 14.0. The van der Waals surface area contributed by atoms with Crippen molar-refractivity contribution in [2.75, 3.05) is 27.7 Å². The third kappa shape index (κ3) is 4.97. The molecule has 0 radical (unpaired) electrons. The number of hydrogen-bond acceptors (Lipinski definition) is 4. The highest BCUT2D eigenvalue weighted by Gasteiger charge is 2.27. The van der Waals surface area contributed by atoms with Crippen LogP contribution in [0.25, 0.3) is 5.69 Å². The zero-order chi connectivity index (χ0) is 25.7. The standard InChI is InChI=1S/C23H24F3N5O3S/c1-23(2,3)19-12-20(28-22(32)27-17-11-14(24)10-16(25)21(17)26)31(29-19)15-5-6-18-13(9-15)7-8-30(18)35(4,33)34/h5-6,9-12H,7-8H2,1-4H3,(H2,27,28,32). The molecular weight excluding hydrogens is 483 g/mol. The first kappa shape index (κ1) is 24.6. The van der Waals surface area contributed by atoms with E-state index in [0.29, 0.717) is 42.2 Å². The van der Waals surface area contributed by atoms with E-state index in [0.717, 1.165) is 11.8 Å². The summed E-state index contributed by atoms with van der Waals surface area (Å²) in [6, 6.07) is 6.88. The molecular formula is C23H24F3N5O3S. The van der Waals surface area contributed by atoms with E-state index in [9.17, 15) is 26.4 Å². The normalized spacial score (nSPS) is 13.6. The first-order chi connectivity index (χ1) is 16.2. The Morgan fingerprint density at radius 2 is 1.77 bits per heavy atom. The van der Waals surface area contributed by atoms with Crippen LogP contribution < -0.4 is 14.9 Å². The van der Waals surface area contributed by atoms with E-state index in [1.54, 1.807) is 24.3 Å². The highest BCUT2D eigenvalue weighted by Crippen LogP contribution is 2.33. The van der Waals surface area contributed by atoms with Crippen molar-refractivity contribution in [1.29, 1.82) is 0 Å². The van der Waals surface area contributed by atoms with Crippen molar-refractivity contribution in [2.45, 2.75) is 32.6 Å². The molecule has 0 unspecified atom stereocenters. The summed E-state index contributed by atoms with van der Waals surface area (Å²) in [4.78, 5) is 12.6.